The molecule has 0 heterocycles. The van der Waals surface area contributed by atoms with E-state index in [1.807, 2.05) is 6.07 Å². The Morgan fingerprint density at radius 3 is 2.24 bits per heavy atom. The Kier molecular flexibility index (Phi) is 8.58. The molecule has 0 spiro atoms. The summed E-state index contributed by atoms with van der Waals surface area (Å²) in [6.45, 7) is 0.205. The van der Waals surface area contributed by atoms with E-state index in [0.717, 1.165) is 36.6 Å². The van der Waals surface area contributed by atoms with Gasteiger partial charge in [-0.15, -0.1) is 0 Å². The van der Waals surface area contributed by atoms with Crippen molar-refractivity contribution in [1.82, 2.24) is 4.90 Å². The Morgan fingerprint density at radius 1 is 0.895 bits per heavy atom. The first-order valence-electron chi connectivity index (χ1n) is 12.4. The second-order valence-corrected chi connectivity index (χ2v) is 9.38. The third-order valence-corrected chi connectivity index (χ3v) is 6.74. The molecule has 1 aliphatic carbocycles. The number of nitrogens with zero attached hydrogens (tertiary/aromatic N) is 1. The van der Waals surface area contributed by atoms with Gasteiger partial charge in [-0.1, -0.05) is 12.1 Å². The minimum atomic E-state index is -0.807. The molecule has 0 atom stereocenters. The van der Waals surface area contributed by atoms with Gasteiger partial charge in [-0.3, -0.25) is 9.59 Å². The second-order valence-electron chi connectivity index (χ2n) is 9.38. The van der Waals surface area contributed by atoms with Crippen molar-refractivity contribution < 1.29 is 27.8 Å². The average molecular weight is 524 g/mol. The number of halogens is 2. The summed E-state index contributed by atoms with van der Waals surface area (Å²) in [5, 5.41) is 2.87. The van der Waals surface area contributed by atoms with Crippen LogP contribution in [0.2, 0.25) is 0 Å². The number of benzene rings is 3. The first kappa shape index (κ1) is 27.1. The van der Waals surface area contributed by atoms with Crippen LogP contribution in [0.3, 0.4) is 0 Å². The summed E-state index contributed by atoms with van der Waals surface area (Å²) in [6.07, 6.45) is 2.90. The van der Waals surface area contributed by atoms with Gasteiger partial charge in [-0.05, 0) is 73.7 Å². The quantitative estimate of drug-likeness (QED) is 0.426. The van der Waals surface area contributed by atoms with Crippen LogP contribution in [0.5, 0.6) is 11.5 Å². The molecule has 9 heteroatoms. The number of nitrogens with one attached hydrogen (secondary N) is 1. The first-order valence-corrected chi connectivity index (χ1v) is 12.4. The van der Waals surface area contributed by atoms with E-state index in [1.165, 1.54) is 14.2 Å². The van der Waals surface area contributed by atoms with E-state index in [9.17, 15) is 18.4 Å². The van der Waals surface area contributed by atoms with Crippen LogP contribution in [0.15, 0.2) is 60.7 Å². The zero-order chi connectivity index (χ0) is 27.2. The highest BCUT2D eigenvalue weighted by molar-refractivity contribution is 6.04. The van der Waals surface area contributed by atoms with Crippen molar-refractivity contribution in [2.45, 2.75) is 44.3 Å². The van der Waals surface area contributed by atoms with Gasteiger partial charge in [0, 0.05) is 41.5 Å². The van der Waals surface area contributed by atoms with Gasteiger partial charge in [-0.25, -0.2) is 8.78 Å². The molecule has 0 unspecified atom stereocenters. The Morgan fingerprint density at radius 2 is 1.58 bits per heavy atom. The van der Waals surface area contributed by atoms with E-state index in [1.54, 1.807) is 41.3 Å². The normalized spacial score (nSPS) is 17.0. The third kappa shape index (κ3) is 6.47. The molecule has 3 aromatic carbocycles. The number of amides is 2. The van der Waals surface area contributed by atoms with Gasteiger partial charge in [0.2, 0.25) is 0 Å². The van der Waals surface area contributed by atoms with Crippen molar-refractivity contribution in [3.63, 3.8) is 0 Å². The lowest BCUT2D eigenvalue weighted by molar-refractivity contribution is 0.0605. The van der Waals surface area contributed by atoms with Crippen molar-refractivity contribution in [3.05, 3.63) is 89.0 Å². The maximum atomic E-state index is 13.9. The third-order valence-electron chi connectivity index (χ3n) is 6.74. The van der Waals surface area contributed by atoms with Crippen LogP contribution < -0.4 is 20.5 Å². The molecule has 1 saturated carbocycles. The number of hydrogen-bond acceptors (Lipinski definition) is 5. The monoisotopic (exact) mass is 523 g/mol. The number of carbonyl (C=O) groups is 2. The van der Waals surface area contributed by atoms with E-state index in [0.29, 0.717) is 35.6 Å². The lowest BCUT2D eigenvalue weighted by Crippen LogP contribution is -2.44. The molecule has 4 rings (SSSR count). The maximum Gasteiger partial charge on any atom is 0.255 e. The molecule has 38 heavy (non-hydrogen) atoms. The molecule has 3 aromatic rings. The minimum absolute atomic E-state index is 0.0460. The van der Waals surface area contributed by atoms with Crippen LogP contribution in [-0.2, 0) is 6.54 Å². The molecule has 0 aromatic heterocycles. The second kappa shape index (κ2) is 12.0. The largest absolute Gasteiger partial charge is 0.493 e. The van der Waals surface area contributed by atoms with Crippen LogP contribution in [0.4, 0.5) is 14.5 Å². The van der Waals surface area contributed by atoms with Crippen LogP contribution in [-0.4, -0.2) is 43.0 Å². The SMILES string of the molecule is COc1ccc(C(=O)Nc2cccc(CN(C(=O)c3cc(F)cc(F)c3)C3CCC(N)CC3)c2)cc1OC. The predicted octanol–water partition coefficient (Wildman–Crippen LogP) is 5.15. The van der Waals surface area contributed by atoms with Crippen LogP contribution in [0.1, 0.15) is 52.0 Å². The summed E-state index contributed by atoms with van der Waals surface area (Å²) >= 11 is 0. The molecule has 1 fully saturated rings. The minimum Gasteiger partial charge on any atom is -0.493 e. The Hall–Kier alpha value is -3.98. The molecule has 0 aliphatic heterocycles. The number of carbonyl (C=O) groups excluding carboxylic acids is 2. The Bertz CT molecular complexity index is 1290. The van der Waals surface area contributed by atoms with Crippen LogP contribution >= 0.6 is 0 Å². The average Bonchev–Trinajstić information content (AvgIpc) is 2.91. The molecule has 2 amide bonds. The summed E-state index contributed by atoms with van der Waals surface area (Å²) < 4.78 is 38.3. The Balaban J connectivity index is 1.55. The van der Waals surface area contributed by atoms with Gasteiger partial charge in [-0.2, -0.15) is 0 Å². The molecule has 0 bridgehead atoms. The standard InChI is InChI=1S/C29H31F2N3O4/c1-37-26-11-6-19(15-27(26)38-2)28(35)33-24-5-3-4-18(12-24)17-34(25-9-7-23(32)8-10-25)29(36)20-13-21(30)16-22(31)14-20/h3-6,11-16,23,25H,7-10,17,32H2,1-2H3,(H,33,35). The lowest BCUT2D eigenvalue weighted by Gasteiger charge is -2.36. The van der Waals surface area contributed by atoms with Crippen LogP contribution in [0, 0.1) is 11.6 Å². The van der Waals surface area contributed by atoms with Gasteiger partial charge >= 0.3 is 0 Å². The predicted molar refractivity (Wildman–Crippen MR) is 140 cm³/mol. The fourth-order valence-electron chi connectivity index (χ4n) is 4.75. The Labute approximate surface area is 220 Å². The van der Waals surface area contributed by atoms with Gasteiger partial charge in [0.1, 0.15) is 11.6 Å². The van der Waals surface area contributed by atoms with Crippen molar-refractivity contribution in [2.24, 2.45) is 5.73 Å². The molecular weight excluding hydrogens is 492 g/mol. The van der Waals surface area contributed by atoms with Gasteiger partial charge in [0.05, 0.1) is 14.2 Å². The number of ether oxygens (including phenoxy) is 2. The highest BCUT2D eigenvalue weighted by atomic mass is 19.1. The van der Waals surface area contributed by atoms with E-state index in [4.69, 9.17) is 15.2 Å². The zero-order valence-corrected chi connectivity index (χ0v) is 21.4. The molecule has 0 radical (unpaired) electrons. The van der Waals surface area contributed by atoms with Gasteiger partial charge < -0.3 is 25.4 Å². The number of methoxy groups -OCH3 is 2. The number of anilines is 1. The first-order chi connectivity index (χ1) is 18.3. The van der Waals surface area contributed by atoms with E-state index < -0.39 is 17.5 Å². The van der Waals surface area contributed by atoms with Crippen molar-refractivity contribution >= 4 is 17.5 Å². The summed E-state index contributed by atoms with van der Waals surface area (Å²) in [7, 11) is 3.01. The highest BCUT2D eigenvalue weighted by Crippen LogP contribution is 2.29. The summed E-state index contributed by atoms with van der Waals surface area (Å²) in [6, 6.07) is 14.8. The van der Waals surface area contributed by atoms with Gasteiger partial charge in [0.15, 0.2) is 11.5 Å². The zero-order valence-electron chi connectivity index (χ0n) is 21.4. The molecule has 0 saturated heterocycles. The van der Waals surface area contributed by atoms with Crippen molar-refractivity contribution in [3.8, 4) is 11.5 Å². The van der Waals surface area contributed by atoms with Crippen molar-refractivity contribution in [1.29, 1.82) is 0 Å². The van der Waals surface area contributed by atoms with E-state index >= 15 is 0 Å². The summed E-state index contributed by atoms with van der Waals surface area (Å²) in [4.78, 5) is 28.0. The molecule has 3 N–H and O–H groups in total. The fourth-order valence-corrected chi connectivity index (χ4v) is 4.75. The lowest BCUT2D eigenvalue weighted by atomic mass is 9.90. The smallest absolute Gasteiger partial charge is 0.255 e. The van der Waals surface area contributed by atoms with Crippen LogP contribution in [0.25, 0.3) is 0 Å². The number of hydrogen-bond donors (Lipinski definition) is 2. The molecule has 7 nitrogen and oxygen atoms in total. The molecule has 200 valence electrons. The maximum absolute atomic E-state index is 13.9. The summed E-state index contributed by atoms with van der Waals surface area (Å²) in [5.74, 6) is -1.46. The topological polar surface area (TPSA) is 93.9 Å². The number of rotatable bonds is 8. The van der Waals surface area contributed by atoms with E-state index in [-0.39, 0.29) is 30.1 Å². The fraction of sp³-hybridized carbons (Fsp3) is 0.310. The molecule has 1 aliphatic rings. The van der Waals surface area contributed by atoms with E-state index in [2.05, 4.69) is 5.32 Å². The number of nitrogens with two attached hydrogens (primary N) is 1. The molecular formula is C29H31F2N3O4. The highest BCUT2D eigenvalue weighted by Gasteiger charge is 2.29. The summed E-state index contributed by atoms with van der Waals surface area (Å²) in [5.41, 5.74) is 7.71. The van der Waals surface area contributed by atoms with Crippen molar-refractivity contribution in [2.75, 3.05) is 19.5 Å². The van der Waals surface area contributed by atoms with Gasteiger partial charge in [0.25, 0.3) is 11.8 Å².